The molecular weight excluding hydrogens is 298 g/mol. The molecule has 0 spiro atoms. The predicted octanol–water partition coefficient (Wildman–Crippen LogP) is 2.24. The van der Waals surface area contributed by atoms with Gasteiger partial charge in [0.05, 0.1) is 5.60 Å². The molecule has 2 aromatic rings. The topological polar surface area (TPSA) is 67.2 Å². The minimum atomic E-state index is -0.695. The molecule has 2 N–H and O–H groups in total. The number of carbonyl (C=O) groups is 1. The zero-order valence-corrected chi connectivity index (χ0v) is 13.3. The first-order valence-electron chi connectivity index (χ1n) is 7.30. The maximum Gasteiger partial charge on any atom is 0.251 e. The summed E-state index contributed by atoms with van der Waals surface area (Å²) in [6.45, 7) is 0.325. The van der Waals surface area contributed by atoms with Crippen LogP contribution in [0.1, 0.15) is 29.6 Å². The molecule has 0 radical (unpaired) electrons. The largest absolute Gasteiger partial charge is 0.388 e. The van der Waals surface area contributed by atoms with Crippen molar-refractivity contribution in [3.8, 4) is 5.69 Å². The second-order valence-corrected chi connectivity index (χ2v) is 6.36. The lowest BCUT2D eigenvalue weighted by Crippen LogP contribution is -2.47. The summed E-state index contributed by atoms with van der Waals surface area (Å²) in [5, 5.41) is 13.7. The first kappa shape index (κ1) is 15.1. The second kappa shape index (κ2) is 6.14. The minimum absolute atomic E-state index is 0.150. The molecule has 116 valence electrons. The Morgan fingerprint density at radius 2 is 2.14 bits per heavy atom. The van der Waals surface area contributed by atoms with Gasteiger partial charge in [-0.05, 0) is 49.8 Å². The van der Waals surface area contributed by atoms with Crippen molar-refractivity contribution in [2.75, 3.05) is 12.8 Å². The summed E-state index contributed by atoms with van der Waals surface area (Å²) in [6.07, 6.45) is 8.20. The molecule has 1 heterocycles. The number of aliphatic hydroxyl groups is 1. The Labute approximate surface area is 133 Å². The van der Waals surface area contributed by atoms with Crippen molar-refractivity contribution in [1.82, 2.24) is 14.9 Å². The van der Waals surface area contributed by atoms with Crippen molar-refractivity contribution in [1.29, 1.82) is 0 Å². The van der Waals surface area contributed by atoms with Gasteiger partial charge in [0, 0.05) is 30.2 Å². The van der Waals surface area contributed by atoms with E-state index >= 15 is 0 Å². The molecule has 1 aromatic heterocycles. The number of rotatable bonds is 5. The maximum absolute atomic E-state index is 12.1. The van der Waals surface area contributed by atoms with Crippen molar-refractivity contribution in [2.45, 2.75) is 30.0 Å². The van der Waals surface area contributed by atoms with Crippen LogP contribution in [0.4, 0.5) is 0 Å². The number of nitrogens with zero attached hydrogens (tertiary/aromatic N) is 2. The van der Waals surface area contributed by atoms with Gasteiger partial charge in [0.15, 0.2) is 5.16 Å². The van der Waals surface area contributed by atoms with Crippen LogP contribution in [-0.2, 0) is 0 Å². The normalized spacial score (nSPS) is 16.1. The summed E-state index contributed by atoms with van der Waals surface area (Å²) >= 11 is 1.57. The van der Waals surface area contributed by atoms with Gasteiger partial charge in [-0.15, -0.1) is 0 Å². The minimum Gasteiger partial charge on any atom is -0.388 e. The van der Waals surface area contributed by atoms with E-state index in [2.05, 4.69) is 10.3 Å². The molecule has 0 aliphatic heterocycles. The molecule has 3 rings (SSSR count). The van der Waals surface area contributed by atoms with E-state index in [1.54, 1.807) is 30.1 Å². The van der Waals surface area contributed by atoms with E-state index in [1.165, 1.54) is 0 Å². The van der Waals surface area contributed by atoms with Crippen LogP contribution in [0.2, 0.25) is 0 Å². The molecule has 1 aromatic carbocycles. The standard InChI is InChI=1S/C16H19N3O2S/c1-22-15-17-9-10-19(15)13-5-3-12(4-6-13)14(20)18-11-16(21)7-2-8-16/h3-6,9-10,21H,2,7-8,11H2,1H3,(H,18,20). The van der Waals surface area contributed by atoms with E-state index in [0.717, 1.165) is 30.1 Å². The van der Waals surface area contributed by atoms with Crippen molar-refractivity contribution in [2.24, 2.45) is 0 Å². The number of imidazole rings is 1. The highest BCUT2D eigenvalue weighted by atomic mass is 32.2. The summed E-state index contributed by atoms with van der Waals surface area (Å²) in [7, 11) is 0. The molecule has 5 nitrogen and oxygen atoms in total. The zero-order chi connectivity index (χ0) is 15.6. The van der Waals surface area contributed by atoms with Crippen LogP contribution >= 0.6 is 11.8 Å². The number of carbonyl (C=O) groups excluding carboxylic acids is 1. The third-order valence-electron chi connectivity index (χ3n) is 4.06. The lowest BCUT2D eigenvalue weighted by molar-refractivity contribution is -0.0300. The average molecular weight is 317 g/mol. The quantitative estimate of drug-likeness (QED) is 0.830. The highest BCUT2D eigenvalue weighted by molar-refractivity contribution is 7.98. The lowest BCUT2D eigenvalue weighted by atomic mass is 9.80. The molecule has 0 unspecified atom stereocenters. The Bertz CT molecular complexity index is 662. The fraction of sp³-hybridized carbons (Fsp3) is 0.375. The lowest BCUT2D eigenvalue weighted by Gasteiger charge is -2.36. The summed E-state index contributed by atoms with van der Waals surface area (Å²) in [4.78, 5) is 16.4. The van der Waals surface area contributed by atoms with Gasteiger partial charge >= 0.3 is 0 Å². The number of thioether (sulfide) groups is 1. The fourth-order valence-corrected chi connectivity index (χ4v) is 3.05. The highest BCUT2D eigenvalue weighted by Gasteiger charge is 2.34. The molecule has 22 heavy (non-hydrogen) atoms. The van der Waals surface area contributed by atoms with Gasteiger partial charge in [0.2, 0.25) is 0 Å². The Kier molecular flexibility index (Phi) is 4.22. The Morgan fingerprint density at radius 3 is 2.73 bits per heavy atom. The fourth-order valence-electron chi connectivity index (χ4n) is 2.52. The van der Waals surface area contributed by atoms with Crippen LogP contribution in [-0.4, -0.2) is 39.0 Å². The summed E-state index contributed by atoms with van der Waals surface area (Å²) in [6, 6.07) is 7.38. The van der Waals surface area contributed by atoms with E-state index in [1.807, 2.05) is 29.2 Å². The monoisotopic (exact) mass is 317 g/mol. The molecule has 0 saturated heterocycles. The first-order chi connectivity index (χ1) is 10.6. The number of nitrogens with one attached hydrogen (secondary N) is 1. The van der Waals surface area contributed by atoms with Gasteiger partial charge in [-0.25, -0.2) is 4.98 Å². The Morgan fingerprint density at radius 1 is 1.41 bits per heavy atom. The van der Waals surface area contributed by atoms with Gasteiger partial charge in [0.25, 0.3) is 5.91 Å². The van der Waals surface area contributed by atoms with Gasteiger partial charge in [-0.3, -0.25) is 9.36 Å². The van der Waals surface area contributed by atoms with Crippen molar-refractivity contribution in [3.05, 3.63) is 42.2 Å². The van der Waals surface area contributed by atoms with Gasteiger partial charge in [-0.1, -0.05) is 11.8 Å². The molecule has 1 aliphatic carbocycles. The molecule has 1 amide bonds. The van der Waals surface area contributed by atoms with Crippen LogP contribution in [0.25, 0.3) is 5.69 Å². The van der Waals surface area contributed by atoms with E-state index in [9.17, 15) is 9.90 Å². The second-order valence-electron chi connectivity index (χ2n) is 5.59. The number of hydrogen-bond donors (Lipinski definition) is 2. The predicted molar refractivity (Wildman–Crippen MR) is 86.5 cm³/mol. The van der Waals surface area contributed by atoms with Crippen LogP contribution in [0, 0.1) is 0 Å². The molecule has 6 heteroatoms. The van der Waals surface area contributed by atoms with Crippen molar-refractivity contribution < 1.29 is 9.90 Å². The molecule has 1 aliphatic rings. The number of aromatic nitrogens is 2. The number of benzene rings is 1. The SMILES string of the molecule is CSc1nccn1-c1ccc(C(=O)NCC2(O)CCC2)cc1. The van der Waals surface area contributed by atoms with Crippen LogP contribution in [0.3, 0.4) is 0 Å². The van der Waals surface area contributed by atoms with Crippen LogP contribution in [0.15, 0.2) is 41.8 Å². The highest BCUT2D eigenvalue weighted by Crippen LogP contribution is 2.30. The summed E-state index contributed by atoms with van der Waals surface area (Å²) < 4.78 is 1.98. The summed E-state index contributed by atoms with van der Waals surface area (Å²) in [5.41, 5.74) is 0.869. The number of hydrogen-bond acceptors (Lipinski definition) is 4. The van der Waals surface area contributed by atoms with Gasteiger partial charge < -0.3 is 10.4 Å². The smallest absolute Gasteiger partial charge is 0.251 e. The van der Waals surface area contributed by atoms with Crippen LogP contribution < -0.4 is 5.32 Å². The zero-order valence-electron chi connectivity index (χ0n) is 12.5. The Balaban J connectivity index is 1.67. The molecule has 1 fully saturated rings. The third-order valence-corrected chi connectivity index (χ3v) is 4.73. The maximum atomic E-state index is 12.1. The van der Waals surface area contributed by atoms with Crippen molar-refractivity contribution >= 4 is 17.7 Å². The van der Waals surface area contributed by atoms with E-state index in [0.29, 0.717) is 12.1 Å². The van der Waals surface area contributed by atoms with E-state index in [-0.39, 0.29) is 5.91 Å². The van der Waals surface area contributed by atoms with Crippen LogP contribution in [0.5, 0.6) is 0 Å². The molecule has 1 saturated carbocycles. The van der Waals surface area contributed by atoms with E-state index in [4.69, 9.17) is 0 Å². The summed E-state index contributed by atoms with van der Waals surface area (Å²) in [5.74, 6) is -0.150. The first-order valence-corrected chi connectivity index (χ1v) is 8.52. The van der Waals surface area contributed by atoms with E-state index < -0.39 is 5.60 Å². The molecular formula is C16H19N3O2S. The molecule has 0 bridgehead atoms. The van der Waals surface area contributed by atoms with Gasteiger partial charge in [0.1, 0.15) is 0 Å². The Hall–Kier alpha value is -1.79. The van der Waals surface area contributed by atoms with Gasteiger partial charge in [-0.2, -0.15) is 0 Å². The molecule has 0 atom stereocenters. The third kappa shape index (κ3) is 3.03. The number of amides is 1. The average Bonchev–Trinajstić information content (AvgIpc) is 2.99. The van der Waals surface area contributed by atoms with Crippen molar-refractivity contribution in [3.63, 3.8) is 0 Å².